The van der Waals surface area contributed by atoms with E-state index in [1.54, 1.807) is 6.21 Å². The normalized spacial score (nSPS) is 12.3. The number of benzene rings is 2. The highest BCUT2D eigenvalue weighted by atomic mass is 32.1. The molecule has 0 bridgehead atoms. The van der Waals surface area contributed by atoms with Crippen LogP contribution < -0.4 is 20.2 Å². The van der Waals surface area contributed by atoms with Gasteiger partial charge in [-0.1, -0.05) is 30.3 Å². The van der Waals surface area contributed by atoms with Crippen LogP contribution in [0.15, 0.2) is 53.6 Å². The highest BCUT2D eigenvalue weighted by Crippen LogP contribution is 2.31. The number of nitrogens with zero attached hydrogens (tertiary/aromatic N) is 1. The number of hydrogen-bond acceptors (Lipinski definition) is 4. The molecule has 0 atom stereocenters. The van der Waals surface area contributed by atoms with Gasteiger partial charge in [0.1, 0.15) is 0 Å². The standard InChI is InChI=1S/C17H17N3O2S/c23-17(18-9-8-13-4-2-1-3-5-13)20-19-11-14-6-7-15-16(10-14)22-12-21-15/h1-7,10-11H,8-9,12H2,(H2,18,20,23)/b19-11-. The number of rotatable bonds is 5. The Hall–Kier alpha value is -2.60. The van der Waals surface area contributed by atoms with Crippen molar-refractivity contribution >= 4 is 23.5 Å². The fourth-order valence-electron chi connectivity index (χ4n) is 2.16. The maximum absolute atomic E-state index is 5.32. The first-order valence-corrected chi connectivity index (χ1v) is 7.72. The number of hydrazone groups is 1. The van der Waals surface area contributed by atoms with Crippen molar-refractivity contribution in [1.29, 1.82) is 0 Å². The average molecular weight is 327 g/mol. The number of hydrogen-bond donors (Lipinski definition) is 2. The third-order valence-corrected chi connectivity index (χ3v) is 3.55. The molecule has 3 rings (SSSR count). The molecule has 0 radical (unpaired) electrons. The Morgan fingerprint density at radius 1 is 1.13 bits per heavy atom. The van der Waals surface area contributed by atoms with Crippen molar-refractivity contribution in [3.63, 3.8) is 0 Å². The third-order valence-electron chi connectivity index (χ3n) is 3.32. The summed E-state index contributed by atoms with van der Waals surface area (Å²) in [4.78, 5) is 0. The minimum atomic E-state index is 0.267. The molecule has 2 N–H and O–H groups in total. The lowest BCUT2D eigenvalue weighted by Gasteiger charge is -2.06. The van der Waals surface area contributed by atoms with Crippen molar-refractivity contribution in [3.05, 3.63) is 59.7 Å². The van der Waals surface area contributed by atoms with E-state index in [4.69, 9.17) is 21.7 Å². The quantitative estimate of drug-likeness (QED) is 0.502. The van der Waals surface area contributed by atoms with Crippen molar-refractivity contribution in [3.8, 4) is 11.5 Å². The van der Waals surface area contributed by atoms with E-state index in [0.717, 1.165) is 30.0 Å². The third kappa shape index (κ3) is 4.43. The monoisotopic (exact) mass is 327 g/mol. The minimum absolute atomic E-state index is 0.267. The van der Waals surface area contributed by atoms with Crippen LogP contribution in [0.1, 0.15) is 11.1 Å². The van der Waals surface area contributed by atoms with Gasteiger partial charge in [-0.2, -0.15) is 5.10 Å². The maximum Gasteiger partial charge on any atom is 0.231 e. The van der Waals surface area contributed by atoms with E-state index in [9.17, 15) is 0 Å². The molecular formula is C17H17N3O2S. The highest BCUT2D eigenvalue weighted by molar-refractivity contribution is 7.80. The van der Waals surface area contributed by atoms with E-state index in [1.807, 2.05) is 36.4 Å². The molecule has 2 aromatic rings. The van der Waals surface area contributed by atoms with Crippen LogP contribution in [0.5, 0.6) is 11.5 Å². The van der Waals surface area contributed by atoms with Crippen LogP contribution >= 0.6 is 12.2 Å². The summed E-state index contributed by atoms with van der Waals surface area (Å²) in [5, 5.41) is 7.74. The van der Waals surface area contributed by atoms with Gasteiger partial charge in [0, 0.05) is 6.54 Å². The Morgan fingerprint density at radius 3 is 2.83 bits per heavy atom. The Bertz CT molecular complexity index is 704. The van der Waals surface area contributed by atoms with Gasteiger partial charge in [-0.25, -0.2) is 0 Å². The largest absolute Gasteiger partial charge is 0.454 e. The van der Waals surface area contributed by atoms with E-state index >= 15 is 0 Å². The Balaban J connectivity index is 1.42. The van der Waals surface area contributed by atoms with Crippen LogP contribution in [0.2, 0.25) is 0 Å². The summed E-state index contributed by atoms with van der Waals surface area (Å²) < 4.78 is 10.6. The molecule has 6 heteroatoms. The smallest absolute Gasteiger partial charge is 0.231 e. The lowest BCUT2D eigenvalue weighted by atomic mass is 10.1. The fourth-order valence-corrected chi connectivity index (χ4v) is 2.32. The second kappa shape index (κ2) is 7.60. The summed E-state index contributed by atoms with van der Waals surface area (Å²) in [6.45, 7) is 1.03. The Kier molecular flexibility index (Phi) is 5.06. The summed E-state index contributed by atoms with van der Waals surface area (Å²) >= 11 is 5.18. The second-order valence-electron chi connectivity index (χ2n) is 4.97. The van der Waals surface area contributed by atoms with Crippen LogP contribution in [-0.2, 0) is 6.42 Å². The SMILES string of the molecule is S=C(NCCc1ccccc1)N/N=C\c1ccc2c(c1)OCO2. The van der Waals surface area contributed by atoms with Gasteiger partial charge in [-0.05, 0) is 48.0 Å². The van der Waals surface area contributed by atoms with Crippen LogP contribution in [0, 0.1) is 0 Å². The van der Waals surface area contributed by atoms with Gasteiger partial charge >= 0.3 is 0 Å². The highest BCUT2D eigenvalue weighted by Gasteiger charge is 2.12. The summed E-state index contributed by atoms with van der Waals surface area (Å²) in [5.74, 6) is 1.49. The van der Waals surface area contributed by atoms with Gasteiger partial charge in [0.05, 0.1) is 6.21 Å². The summed E-state index contributed by atoms with van der Waals surface area (Å²) in [6, 6.07) is 15.9. The summed E-state index contributed by atoms with van der Waals surface area (Å²) in [6.07, 6.45) is 2.60. The predicted molar refractivity (Wildman–Crippen MR) is 94.0 cm³/mol. The molecule has 0 fully saturated rings. The molecule has 0 unspecified atom stereocenters. The lowest BCUT2D eigenvalue weighted by Crippen LogP contribution is -2.33. The summed E-state index contributed by atoms with van der Waals surface area (Å²) in [7, 11) is 0. The van der Waals surface area contributed by atoms with E-state index < -0.39 is 0 Å². The van der Waals surface area contributed by atoms with Gasteiger partial charge in [0.25, 0.3) is 0 Å². The summed E-state index contributed by atoms with van der Waals surface area (Å²) in [5.41, 5.74) is 4.98. The molecule has 2 aromatic carbocycles. The first-order chi connectivity index (χ1) is 11.3. The number of nitrogens with one attached hydrogen (secondary N) is 2. The molecule has 0 aromatic heterocycles. The molecule has 23 heavy (non-hydrogen) atoms. The molecule has 0 saturated carbocycles. The van der Waals surface area contributed by atoms with Gasteiger partial charge in [-0.15, -0.1) is 0 Å². The van der Waals surface area contributed by atoms with Gasteiger partial charge in [0.15, 0.2) is 16.6 Å². The van der Waals surface area contributed by atoms with Gasteiger partial charge in [-0.3, -0.25) is 5.43 Å². The van der Waals surface area contributed by atoms with Crippen LogP contribution in [0.3, 0.4) is 0 Å². The molecular weight excluding hydrogens is 310 g/mol. The molecule has 0 saturated heterocycles. The molecule has 118 valence electrons. The first-order valence-electron chi connectivity index (χ1n) is 7.32. The van der Waals surface area contributed by atoms with E-state index in [0.29, 0.717) is 5.11 Å². The predicted octanol–water partition coefficient (Wildman–Crippen LogP) is 2.46. The lowest BCUT2D eigenvalue weighted by molar-refractivity contribution is 0.174. The van der Waals surface area contributed by atoms with Gasteiger partial charge in [0.2, 0.25) is 6.79 Å². The molecule has 1 aliphatic rings. The Morgan fingerprint density at radius 2 is 1.96 bits per heavy atom. The number of ether oxygens (including phenoxy) is 2. The van der Waals surface area contributed by atoms with Crippen molar-refractivity contribution in [2.24, 2.45) is 5.10 Å². The second-order valence-corrected chi connectivity index (χ2v) is 5.38. The van der Waals surface area contributed by atoms with Crippen molar-refractivity contribution < 1.29 is 9.47 Å². The topological polar surface area (TPSA) is 54.9 Å². The zero-order valence-corrected chi connectivity index (χ0v) is 13.3. The van der Waals surface area contributed by atoms with Crippen molar-refractivity contribution in [2.45, 2.75) is 6.42 Å². The maximum atomic E-state index is 5.32. The number of thiocarbonyl (C=S) groups is 1. The molecule has 0 aliphatic carbocycles. The molecule has 0 spiro atoms. The van der Waals surface area contributed by atoms with Crippen LogP contribution in [0.4, 0.5) is 0 Å². The van der Waals surface area contributed by atoms with Crippen molar-refractivity contribution in [1.82, 2.24) is 10.7 Å². The average Bonchev–Trinajstić information content (AvgIpc) is 3.03. The van der Waals surface area contributed by atoms with Crippen molar-refractivity contribution in [2.75, 3.05) is 13.3 Å². The van der Waals surface area contributed by atoms with E-state index in [2.05, 4.69) is 28.0 Å². The molecule has 5 nitrogen and oxygen atoms in total. The Labute approximate surface area is 140 Å². The van der Waals surface area contributed by atoms with Gasteiger partial charge < -0.3 is 14.8 Å². The molecule has 1 heterocycles. The number of fused-ring (bicyclic) bond motifs is 1. The van der Waals surface area contributed by atoms with E-state index in [-0.39, 0.29) is 6.79 Å². The zero-order valence-electron chi connectivity index (χ0n) is 12.5. The van der Waals surface area contributed by atoms with Crippen LogP contribution in [-0.4, -0.2) is 24.7 Å². The van der Waals surface area contributed by atoms with E-state index in [1.165, 1.54) is 5.56 Å². The molecule has 1 aliphatic heterocycles. The van der Waals surface area contributed by atoms with Crippen LogP contribution in [0.25, 0.3) is 0 Å². The minimum Gasteiger partial charge on any atom is -0.454 e. The fraction of sp³-hybridized carbons (Fsp3) is 0.176. The molecule has 0 amide bonds. The first kappa shape index (κ1) is 15.3. The zero-order chi connectivity index (χ0) is 15.9.